The summed E-state index contributed by atoms with van der Waals surface area (Å²) in [7, 11) is 0. The van der Waals surface area contributed by atoms with Crippen LogP contribution in [-0.4, -0.2) is 20.2 Å². The van der Waals surface area contributed by atoms with Gasteiger partial charge >= 0.3 is 0 Å². The molecule has 19 heavy (non-hydrogen) atoms. The van der Waals surface area contributed by atoms with Crippen LogP contribution in [0.1, 0.15) is 32.0 Å². The third-order valence-corrected chi connectivity index (χ3v) is 2.91. The molecule has 2 aromatic rings. The van der Waals surface area contributed by atoms with E-state index in [4.69, 9.17) is 5.11 Å². The zero-order valence-corrected chi connectivity index (χ0v) is 11.7. The number of aromatic nitrogens is 2. The van der Waals surface area contributed by atoms with Crippen molar-refractivity contribution in [3.05, 3.63) is 48.0 Å². The number of aliphatic hydroxyl groups excluding tert-OH is 1. The van der Waals surface area contributed by atoms with Gasteiger partial charge in [0, 0.05) is 24.0 Å². The minimum Gasteiger partial charge on any atom is -0.392 e. The SMILES string of the molecule is CC(C)(C)NCc1cncn1-c1ccc(CO)cc1. The van der Waals surface area contributed by atoms with Gasteiger partial charge in [-0.25, -0.2) is 4.98 Å². The molecule has 0 aliphatic carbocycles. The van der Waals surface area contributed by atoms with Gasteiger partial charge in [-0.15, -0.1) is 0 Å². The lowest BCUT2D eigenvalue weighted by atomic mass is 10.1. The maximum Gasteiger partial charge on any atom is 0.0994 e. The summed E-state index contributed by atoms with van der Waals surface area (Å²) in [6, 6.07) is 7.84. The molecule has 1 aromatic heterocycles. The molecule has 0 amide bonds. The normalized spacial score (nSPS) is 11.8. The molecule has 2 N–H and O–H groups in total. The fourth-order valence-corrected chi connectivity index (χ4v) is 1.80. The third kappa shape index (κ3) is 3.66. The van der Waals surface area contributed by atoms with Gasteiger partial charge < -0.3 is 15.0 Å². The molecule has 2 rings (SSSR count). The van der Waals surface area contributed by atoms with Crippen LogP contribution in [0.4, 0.5) is 0 Å². The largest absolute Gasteiger partial charge is 0.392 e. The van der Waals surface area contributed by atoms with Gasteiger partial charge in [0.05, 0.1) is 18.6 Å². The number of benzene rings is 1. The average Bonchev–Trinajstić information content (AvgIpc) is 2.84. The zero-order chi connectivity index (χ0) is 13.9. The Morgan fingerprint density at radius 2 is 1.89 bits per heavy atom. The molecule has 102 valence electrons. The number of nitrogens with zero attached hydrogens (tertiary/aromatic N) is 2. The number of rotatable bonds is 4. The van der Waals surface area contributed by atoms with E-state index in [0.717, 1.165) is 23.5 Å². The molecule has 0 atom stereocenters. The molecule has 0 fully saturated rings. The van der Waals surface area contributed by atoms with E-state index in [1.807, 2.05) is 36.8 Å². The lowest BCUT2D eigenvalue weighted by Crippen LogP contribution is -2.35. The monoisotopic (exact) mass is 259 g/mol. The summed E-state index contributed by atoms with van der Waals surface area (Å²) in [6.45, 7) is 7.27. The van der Waals surface area contributed by atoms with Crippen LogP contribution in [0.2, 0.25) is 0 Å². The first kappa shape index (κ1) is 13.8. The molecule has 0 unspecified atom stereocenters. The second-order valence-electron chi connectivity index (χ2n) is 5.68. The van der Waals surface area contributed by atoms with Crippen molar-refractivity contribution in [1.82, 2.24) is 14.9 Å². The van der Waals surface area contributed by atoms with E-state index in [2.05, 4.69) is 35.6 Å². The Kier molecular flexibility index (Phi) is 4.02. The van der Waals surface area contributed by atoms with Crippen LogP contribution >= 0.6 is 0 Å². The van der Waals surface area contributed by atoms with Crippen LogP contribution in [-0.2, 0) is 13.2 Å². The molecule has 0 aliphatic rings. The summed E-state index contributed by atoms with van der Waals surface area (Å²) >= 11 is 0. The molecular formula is C15H21N3O. The molecule has 0 saturated carbocycles. The summed E-state index contributed by atoms with van der Waals surface area (Å²) in [5, 5.41) is 12.5. The minimum atomic E-state index is 0.0721. The topological polar surface area (TPSA) is 50.1 Å². The van der Waals surface area contributed by atoms with Gasteiger partial charge in [0.25, 0.3) is 0 Å². The first-order chi connectivity index (χ1) is 8.99. The molecule has 0 aliphatic heterocycles. The van der Waals surface area contributed by atoms with Crippen LogP contribution in [0.5, 0.6) is 0 Å². The van der Waals surface area contributed by atoms with Crippen molar-refractivity contribution in [2.75, 3.05) is 0 Å². The second kappa shape index (κ2) is 5.55. The lowest BCUT2D eigenvalue weighted by Gasteiger charge is -2.21. The molecule has 1 aromatic carbocycles. The highest BCUT2D eigenvalue weighted by Crippen LogP contribution is 2.13. The Hall–Kier alpha value is -1.65. The van der Waals surface area contributed by atoms with E-state index in [0.29, 0.717) is 0 Å². The predicted octanol–water partition coefficient (Wildman–Crippen LogP) is 2.25. The second-order valence-corrected chi connectivity index (χ2v) is 5.68. The van der Waals surface area contributed by atoms with Crippen molar-refractivity contribution in [2.24, 2.45) is 0 Å². The van der Waals surface area contributed by atoms with E-state index in [9.17, 15) is 0 Å². The third-order valence-electron chi connectivity index (χ3n) is 2.91. The Bertz CT molecular complexity index is 523. The van der Waals surface area contributed by atoms with Gasteiger partial charge in [-0.3, -0.25) is 0 Å². The van der Waals surface area contributed by atoms with Crippen LogP contribution in [0.25, 0.3) is 5.69 Å². The first-order valence-electron chi connectivity index (χ1n) is 6.46. The van der Waals surface area contributed by atoms with Crippen LogP contribution in [0.3, 0.4) is 0 Å². The van der Waals surface area contributed by atoms with Gasteiger partial charge in [-0.2, -0.15) is 0 Å². The highest BCUT2D eigenvalue weighted by Gasteiger charge is 2.11. The predicted molar refractivity (Wildman–Crippen MR) is 76.1 cm³/mol. The van der Waals surface area contributed by atoms with E-state index in [1.54, 1.807) is 0 Å². The molecule has 0 spiro atoms. The van der Waals surface area contributed by atoms with Gasteiger partial charge in [-0.05, 0) is 38.5 Å². The molecule has 1 heterocycles. The van der Waals surface area contributed by atoms with Crippen molar-refractivity contribution in [3.63, 3.8) is 0 Å². The average molecular weight is 259 g/mol. The van der Waals surface area contributed by atoms with Crippen molar-refractivity contribution in [2.45, 2.75) is 39.5 Å². The summed E-state index contributed by atoms with van der Waals surface area (Å²) in [5.74, 6) is 0. The number of hydrogen-bond acceptors (Lipinski definition) is 3. The Morgan fingerprint density at radius 1 is 1.21 bits per heavy atom. The number of nitrogens with one attached hydrogen (secondary N) is 1. The van der Waals surface area contributed by atoms with E-state index < -0.39 is 0 Å². The standard InChI is InChI=1S/C15H21N3O/c1-15(2,3)17-9-14-8-16-11-18(14)13-6-4-12(10-19)5-7-13/h4-8,11,17,19H,9-10H2,1-3H3. The van der Waals surface area contributed by atoms with Gasteiger partial charge in [0.2, 0.25) is 0 Å². The van der Waals surface area contributed by atoms with Crippen molar-refractivity contribution in [1.29, 1.82) is 0 Å². The zero-order valence-electron chi connectivity index (χ0n) is 11.7. The molecule has 0 radical (unpaired) electrons. The first-order valence-corrected chi connectivity index (χ1v) is 6.46. The molecular weight excluding hydrogens is 238 g/mol. The molecule has 4 heteroatoms. The maximum atomic E-state index is 9.06. The quantitative estimate of drug-likeness (QED) is 0.885. The van der Waals surface area contributed by atoms with Crippen molar-refractivity contribution >= 4 is 0 Å². The smallest absolute Gasteiger partial charge is 0.0994 e. The molecule has 0 saturated heterocycles. The fraction of sp³-hybridized carbons (Fsp3) is 0.400. The highest BCUT2D eigenvalue weighted by molar-refractivity contribution is 5.36. The summed E-state index contributed by atoms with van der Waals surface area (Å²) < 4.78 is 2.06. The van der Waals surface area contributed by atoms with E-state index >= 15 is 0 Å². The highest BCUT2D eigenvalue weighted by atomic mass is 16.3. The van der Waals surface area contributed by atoms with Crippen molar-refractivity contribution in [3.8, 4) is 5.69 Å². The van der Waals surface area contributed by atoms with Crippen LogP contribution in [0.15, 0.2) is 36.8 Å². The number of aliphatic hydroxyl groups is 1. The minimum absolute atomic E-state index is 0.0721. The Morgan fingerprint density at radius 3 is 2.47 bits per heavy atom. The van der Waals surface area contributed by atoms with Crippen LogP contribution < -0.4 is 5.32 Å². The lowest BCUT2D eigenvalue weighted by molar-refractivity contribution is 0.282. The molecule has 0 bridgehead atoms. The Labute approximate surface area is 114 Å². The number of imidazole rings is 1. The van der Waals surface area contributed by atoms with Crippen LogP contribution in [0, 0.1) is 0 Å². The van der Waals surface area contributed by atoms with E-state index in [-0.39, 0.29) is 12.1 Å². The Balaban J connectivity index is 2.18. The van der Waals surface area contributed by atoms with Crippen molar-refractivity contribution < 1.29 is 5.11 Å². The summed E-state index contributed by atoms with van der Waals surface area (Å²) in [5.41, 5.74) is 3.17. The summed E-state index contributed by atoms with van der Waals surface area (Å²) in [6.07, 6.45) is 3.69. The fourth-order valence-electron chi connectivity index (χ4n) is 1.80. The van der Waals surface area contributed by atoms with E-state index in [1.165, 1.54) is 0 Å². The summed E-state index contributed by atoms with van der Waals surface area (Å²) in [4.78, 5) is 4.22. The molecule has 4 nitrogen and oxygen atoms in total. The van der Waals surface area contributed by atoms with Gasteiger partial charge in [0.1, 0.15) is 0 Å². The number of hydrogen-bond donors (Lipinski definition) is 2. The van der Waals surface area contributed by atoms with Gasteiger partial charge in [0.15, 0.2) is 0 Å². The maximum absolute atomic E-state index is 9.06. The van der Waals surface area contributed by atoms with Gasteiger partial charge in [-0.1, -0.05) is 12.1 Å².